The molecule has 0 bridgehead atoms. The van der Waals surface area contributed by atoms with Crippen LogP contribution in [0.2, 0.25) is 0 Å². The number of nitrogens with one attached hydrogen (secondary N) is 2. The van der Waals surface area contributed by atoms with Crippen LogP contribution in [0, 0.1) is 0 Å². The number of ether oxygens (including phenoxy) is 1. The zero-order chi connectivity index (χ0) is 15.3. The van der Waals surface area contributed by atoms with Gasteiger partial charge in [0.2, 0.25) is 5.91 Å². The van der Waals surface area contributed by atoms with Crippen LogP contribution in [0.15, 0.2) is 0 Å². The van der Waals surface area contributed by atoms with Crippen LogP contribution in [0.3, 0.4) is 0 Å². The molecular formula is C12H21N3O5. The van der Waals surface area contributed by atoms with E-state index >= 15 is 0 Å². The van der Waals surface area contributed by atoms with Crippen molar-refractivity contribution in [3.63, 3.8) is 0 Å². The van der Waals surface area contributed by atoms with E-state index in [1.807, 2.05) is 0 Å². The highest BCUT2D eigenvalue weighted by atomic mass is 16.5. The molecule has 4 amide bonds. The molecule has 0 aromatic carbocycles. The van der Waals surface area contributed by atoms with Gasteiger partial charge < -0.3 is 20.5 Å². The van der Waals surface area contributed by atoms with Crippen LogP contribution in [-0.2, 0) is 14.3 Å². The number of amides is 4. The van der Waals surface area contributed by atoms with E-state index in [9.17, 15) is 14.4 Å². The van der Waals surface area contributed by atoms with E-state index in [4.69, 9.17) is 9.84 Å². The molecule has 1 rings (SSSR count). The van der Waals surface area contributed by atoms with E-state index in [0.717, 1.165) is 4.90 Å². The third kappa shape index (κ3) is 3.45. The fourth-order valence-electron chi connectivity index (χ4n) is 1.89. The summed E-state index contributed by atoms with van der Waals surface area (Å²) in [5.74, 6) is -0.947. The Morgan fingerprint density at radius 1 is 1.55 bits per heavy atom. The van der Waals surface area contributed by atoms with Crippen LogP contribution in [0.4, 0.5) is 4.79 Å². The van der Waals surface area contributed by atoms with E-state index in [-0.39, 0.29) is 19.8 Å². The summed E-state index contributed by atoms with van der Waals surface area (Å²) in [6.45, 7) is 2.89. The fourth-order valence-corrected chi connectivity index (χ4v) is 1.89. The van der Waals surface area contributed by atoms with Crippen LogP contribution in [0.25, 0.3) is 0 Å². The highest BCUT2D eigenvalue weighted by Crippen LogP contribution is 2.20. The van der Waals surface area contributed by atoms with E-state index < -0.39 is 29.4 Å². The summed E-state index contributed by atoms with van der Waals surface area (Å²) in [5, 5.41) is 14.1. The van der Waals surface area contributed by atoms with Gasteiger partial charge in [0.15, 0.2) is 0 Å². The Morgan fingerprint density at radius 2 is 2.20 bits per heavy atom. The first kappa shape index (κ1) is 16.4. The molecule has 0 aromatic rings. The molecule has 0 aromatic heterocycles. The number of nitrogens with zero attached hydrogens (tertiary/aromatic N) is 1. The van der Waals surface area contributed by atoms with Gasteiger partial charge in [-0.2, -0.15) is 0 Å². The van der Waals surface area contributed by atoms with Crippen LogP contribution in [0.5, 0.6) is 0 Å². The lowest BCUT2D eigenvalue weighted by atomic mass is 9.99. The lowest BCUT2D eigenvalue weighted by molar-refractivity contribution is -0.135. The predicted molar refractivity (Wildman–Crippen MR) is 69.8 cm³/mol. The molecular weight excluding hydrogens is 266 g/mol. The first-order chi connectivity index (χ1) is 9.37. The summed E-state index contributed by atoms with van der Waals surface area (Å²) in [4.78, 5) is 36.4. The minimum atomic E-state index is -0.958. The number of aliphatic hydroxyl groups is 1. The first-order valence-corrected chi connectivity index (χ1v) is 6.41. The molecule has 1 saturated heterocycles. The number of rotatable bonds is 7. The molecule has 3 N–H and O–H groups in total. The second-order valence-electron chi connectivity index (χ2n) is 4.91. The molecule has 1 fully saturated rings. The molecule has 8 heteroatoms. The number of imide groups is 1. The molecule has 20 heavy (non-hydrogen) atoms. The number of hydrogen-bond donors (Lipinski definition) is 3. The van der Waals surface area contributed by atoms with Gasteiger partial charge in [-0.05, 0) is 13.3 Å². The molecule has 0 aliphatic carbocycles. The summed E-state index contributed by atoms with van der Waals surface area (Å²) >= 11 is 0. The lowest BCUT2D eigenvalue weighted by Crippen LogP contribution is -2.48. The second kappa shape index (κ2) is 6.67. The molecule has 2 atom stereocenters. The summed E-state index contributed by atoms with van der Waals surface area (Å²) in [6, 6.07) is -1.15. The second-order valence-corrected chi connectivity index (χ2v) is 4.91. The third-order valence-electron chi connectivity index (χ3n) is 3.31. The van der Waals surface area contributed by atoms with E-state index in [1.54, 1.807) is 13.8 Å². The Balaban J connectivity index is 2.62. The van der Waals surface area contributed by atoms with Gasteiger partial charge in [-0.3, -0.25) is 14.5 Å². The van der Waals surface area contributed by atoms with Crippen LogP contribution in [0.1, 0.15) is 20.3 Å². The SMILES string of the molecule is CCC1(C)NC(=O)N(CC(=O)NC(CO)COC)C1=O. The number of carbonyl (C=O) groups is 3. The maximum absolute atomic E-state index is 12.1. The average molecular weight is 287 g/mol. The highest BCUT2D eigenvalue weighted by Gasteiger charge is 2.47. The minimum absolute atomic E-state index is 0.148. The summed E-state index contributed by atoms with van der Waals surface area (Å²) in [7, 11) is 1.44. The maximum atomic E-state index is 12.1. The summed E-state index contributed by atoms with van der Waals surface area (Å²) in [5.41, 5.74) is -0.958. The number of urea groups is 1. The normalized spacial score (nSPS) is 23.7. The average Bonchev–Trinajstić information content (AvgIpc) is 2.62. The van der Waals surface area contributed by atoms with E-state index in [0.29, 0.717) is 6.42 Å². The molecule has 114 valence electrons. The smallest absolute Gasteiger partial charge is 0.325 e. The predicted octanol–water partition coefficient (Wildman–Crippen LogP) is -1.17. The van der Waals surface area contributed by atoms with Crippen LogP contribution < -0.4 is 10.6 Å². The van der Waals surface area contributed by atoms with Crippen molar-refractivity contribution in [2.45, 2.75) is 31.8 Å². The molecule has 1 heterocycles. The Labute approximate surface area is 117 Å². The number of hydrogen-bond acceptors (Lipinski definition) is 5. The summed E-state index contributed by atoms with van der Waals surface area (Å²) in [6.07, 6.45) is 0.443. The molecule has 2 unspecified atom stereocenters. The number of aliphatic hydroxyl groups excluding tert-OH is 1. The van der Waals surface area contributed by atoms with Gasteiger partial charge in [0.25, 0.3) is 5.91 Å². The van der Waals surface area contributed by atoms with Crippen LogP contribution >= 0.6 is 0 Å². The van der Waals surface area contributed by atoms with Gasteiger partial charge in [-0.25, -0.2) is 4.79 Å². The zero-order valence-electron chi connectivity index (χ0n) is 11.9. The quantitative estimate of drug-likeness (QED) is 0.511. The van der Waals surface area contributed by atoms with Gasteiger partial charge in [0.1, 0.15) is 12.1 Å². The Bertz CT molecular complexity index is 401. The van der Waals surface area contributed by atoms with Crippen molar-refractivity contribution in [2.24, 2.45) is 0 Å². The van der Waals surface area contributed by atoms with Crippen molar-refractivity contribution in [1.29, 1.82) is 0 Å². The molecule has 0 saturated carbocycles. The Hall–Kier alpha value is -1.67. The van der Waals surface area contributed by atoms with Crippen molar-refractivity contribution in [3.05, 3.63) is 0 Å². The third-order valence-corrected chi connectivity index (χ3v) is 3.31. The molecule has 1 aliphatic heterocycles. The van der Waals surface area contributed by atoms with Crippen molar-refractivity contribution >= 4 is 17.8 Å². The van der Waals surface area contributed by atoms with Crippen molar-refractivity contribution < 1.29 is 24.2 Å². The van der Waals surface area contributed by atoms with Crippen LogP contribution in [-0.4, -0.2) is 66.3 Å². The van der Waals surface area contributed by atoms with Gasteiger partial charge in [0, 0.05) is 7.11 Å². The fraction of sp³-hybridized carbons (Fsp3) is 0.750. The molecule has 8 nitrogen and oxygen atoms in total. The Morgan fingerprint density at radius 3 is 2.65 bits per heavy atom. The molecule has 1 aliphatic rings. The van der Waals surface area contributed by atoms with E-state index in [1.165, 1.54) is 7.11 Å². The largest absolute Gasteiger partial charge is 0.394 e. The summed E-state index contributed by atoms with van der Waals surface area (Å²) < 4.78 is 4.82. The topological polar surface area (TPSA) is 108 Å². The van der Waals surface area contributed by atoms with Gasteiger partial charge in [-0.1, -0.05) is 6.92 Å². The standard InChI is InChI=1S/C12H21N3O5/c1-4-12(2)10(18)15(11(19)14-12)5-9(17)13-8(6-16)7-20-3/h8,16H,4-7H2,1-3H3,(H,13,17)(H,14,19). The zero-order valence-corrected chi connectivity index (χ0v) is 11.9. The lowest BCUT2D eigenvalue weighted by Gasteiger charge is -2.20. The van der Waals surface area contributed by atoms with Crippen molar-refractivity contribution in [3.8, 4) is 0 Å². The molecule has 0 radical (unpaired) electrons. The minimum Gasteiger partial charge on any atom is -0.394 e. The van der Waals surface area contributed by atoms with Gasteiger partial charge in [-0.15, -0.1) is 0 Å². The van der Waals surface area contributed by atoms with Crippen molar-refractivity contribution in [1.82, 2.24) is 15.5 Å². The monoisotopic (exact) mass is 287 g/mol. The van der Waals surface area contributed by atoms with E-state index in [2.05, 4.69) is 10.6 Å². The first-order valence-electron chi connectivity index (χ1n) is 6.41. The Kier molecular flexibility index (Phi) is 5.46. The maximum Gasteiger partial charge on any atom is 0.325 e. The molecule has 0 spiro atoms. The number of methoxy groups -OCH3 is 1. The highest BCUT2D eigenvalue weighted by molar-refractivity contribution is 6.08. The number of carbonyl (C=O) groups excluding carboxylic acids is 3. The van der Waals surface area contributed by atoms with Crippen molar-refractivity contribution in [2.75, 3.05) is 26.9 Å². The van der Waals surface area contributed by atoms with Gasteiger partial charge >= 0.3 is 6.03 Å². The van der Waals surface area contributed by atoms with Gasteiger partial charge in [0.05, 0.1) is 19.3 Å².